The second kappa shape index (κ2) is 12.8. The summed E-state index contributed by atoms with van der Waals surface area (Å²) in [6.07, 6.45) is 7.03. The van der Waals surface area contributed by atoms with Crippen molar-refractivity contribution in [3.8, 4) is 22.8 Å². The van der Waals surface area contributed by atoms with Crippen LogP contribution >= 0.6 is 0 Å². The number of sulfonamides is 1. The summed E-state index contributed by atoms with van der Waals surface area (Å²) in [6.45, 7) is 0.582. The highest BCUT2D eigenvalue weighted by Crippen LogP contribution is 2.46. The van der Waals surface area contributed by atoms with Crippen LogP contribution in [0.2, 0.25) is 0 Å². The van der Waals surface area contributed by atoms with E-state index in [2.05, 4.69) is 15.4 Å². The van der Waals surface area contributed by atoms with Crippen LogP contribution in [0.3, 0.4) is 0 Å². The molecule has 0 radical (unpaired) electrons. The number of hydrogen-bond acceptors (Lipinski definition) is 8. The highest BCUT2D eigenvalue weighted by atomic mass is 32.2. The Bertz CT molecular complexity index is 1880. The van der Waals surface area contributed by atoms with Gasteiger partial charge < -0.3 is 25.0 Å². The average molecular weight is 674 g/mol. The summed E-state index contributed by atoms with van der Waals surface area (Å²) >= 11 is 0. The topological polar surface area (TPSA) is 156 Å². The number of methoxy groups -OCH3 is 1. The lowest BCUT2D eigenvalue weighted by atomic mass is 10.1. The van der Waals surface area contributed by atoms with E-state index in [9.17, 15) is 22.8 Å². The van der Waals surface area contributed by atoms with Crippen molar-refractivity contribution < 1.29 is 32.3 Å². The van der Waals surface area contributed by atoms with Gasteiger partial charge in [-0.25, -0.2) is 18.2 Å². The van der Waals surface area contributed by atoms with Gasteiger partial charge >= 0.3 is 6.03 Å². The fourth-order valence-electron chi connectivity index (χ4n) is 6.60. The molecule has 2 aliphatic carbocycles. The van der Waals surface area contributed by atoms with Gasteiger partial charge in [-0.2, -0.15) is 0 Å². The largest absolute Gasteiger partial charge is 0.497 e. The van der Waals surface area contributed by atoms with E-state index in [0.29, 0.717) is 42.1 Å². The van der Waals surface area contributed by atoms with Crippen LogP contribution in [0.15, 0.2) is 66.7 Å². The van der Waals surface area contributed by atoms with Crippen molar-refractivity contribution in [2.75, 3.05) is 20.2 Å². The first-order valence-corrected chi connectivity index (χ1v) is 18.0. The predicted molar refractivity (Wildman–Crippen MR) is 179 cm³/mol. The molecule has 3 N–H and O–H groups in total. The summed E-state index contributed by atoms with van der Waals surface area (Å²) in [4.78, 5) is 47.3. The molecule has 13 heteroatoms. The molecule has 2 aliphatic heterocycles. The fraction of sp³-hybridized carbons (Fsp3) is 0.429. The molecular weight excluding hydrogens is 634 g/mol. The Morgan fingerprint density at radius 3 is 2.67 bits per heavy atom. The Morgan fingerprint density at radius 2 is 1.90 bits per heavy atom. The van der Waals surface area contributed by atoms with Gasteiger partial charge in [0.25, 0.3) is 5.91 Å². The number of benzene rings is 2. The summed E-state index contributed by atoms with van der Waals surface area (Å²) in [7, 11) is -2.23. The van der Waals surface area contributed by atoms with E-state index in [1.165, 1.54) is 4.90 Å². The molecule has 0 unspecified atom stereocenters. The summed E-state index contributed by atoms with van der Waals surface area (Å²) in [5, 5.41) is 5.98. The zero-order chi connectivity index (χ0) is 33.5. The number of amides is 4. The number of fused-ring (bicyclic) bond motifs is 3. The van der Waals surface area contributed by atoms with E-state index in [0.717, 1.165) is 30.2 Å². The van der Waals surface area contributed by atoms with Crippen molar-refractivity contribution in [1.29, 1.82) is 0 Å². The number of carbonyl (C=O) groups is 3. The number of urea groups is 1. The van der Waals surface area contributed by atoms with Gasteiger partial charge in [-0.05, 0) is 50.7 Å². The Balaban J connectivity index is 1.18. The molecule has 2 aromatic carbocycles. The van der Waals surface area contributed by atoms with Crippen LogP contribution in [-0.4, -0.2) is 79.3 Å². The molecule has 4 atom stereocenters. The molecule has 7 rings (SSSR count). The van der Waals surface area contributed by atoms with Crippen LogP contribution in [0.1, 0.15) is 44.9 Å². The van der Waals surface area contributed by atoms with Crippen LogP contribution < -0.4 is 24.8 Å². The molecule has 0 spiro atoms. The van der Waals surface area contributed by atoms with Crippen LogP contribution in [0.5, 0.6) is 11.5 Å². The van der Waals surface area contributed by atoms with Crippen molar-refractivity contribution in [2.45, 2.75) is 67.9 Å². The smallest absolute Gasteiger partial charge is 0.318 e. The third kappa shape index (κ3) is 6.43. The maximum Gasteiger partial charge on any atom is 0.318 e. The molecule has 4 amide bonds. The first-order chi connectivity index (χ1) is 23.2. The molecule has 0 bridgehead atoms. The summed E-state index contributed by atoms with van der Waals surface area (Å²) < 4.78 is 39.6. The molecule has 48 heavy (non-hydrogen) atoms. The zero-order valence-electron chi connectivity index (χ0n) is 26.7. The SMILES string of the molecule is COc1ccc2c(O[C@@H]3C[C@H]4C(=O)N[C@]5(C(=O)NS(=O)(=O)C6CC6)C[C@H]5/C=C\CCCCNC(=O)N4C3)cc(-c3ccccc3)nc2c1. The van der Waals surface area contributed by atoms with Gasteiger partial charge in [0.05, 0.1) is 30.1 Å². The van der Waals surface area contributed by atoms with E-state index >= 15 is 0 Å². The molecule has 4 aliphatic rings. The Labute approximate surface area is 279 Å². The molecule has 3 heterocycles. The first-order valence-electron chi connectivity index (χ1n) is 16.5. The van der Waals surface area contributed by atoms with Crippen molar-refractivity contribution in [3.63, 3.8) is 0 Å². The molecule has 1 saturated heterocycles. The lowest BCUT2D eigenvalue weighted by Crippen LogP contribution is -2.57. The van der Waals surface area contributed by atoms with Crippen molar-refractivity contribution >= 4 is 38.8 Å². The molecular formula is C35H39N5O7S. The van der Waals surface area contributed by atoms with Crippen molar-refractivity contribution in [3.05, 3.63) is 66.7 Å². The molecule has 12 nitrogen and oxygen atoms in total. The third-order valence-corrected chi connectivity index (χ3v) is 11.4. The molecule has 2 saturated carbocycles. The van der Waals surface area contributed by atoms with Crippen LogP contribution in [0.4, 0.5) is 4.79 Å². The molecule has 1 aromatic heterocycles. The number of aromatic nitrogens is 1. The quantitative estimate of drug-likeness (QED) is 0.321. The van der Waals surface area contributed by atoms with Gasteiger partial charge in [-0.1, -0.05) is 42.5 Å². The molecule has 252 valence electrons. The van der Waals surface area contributed by atoms with E-state index in [4.69, 9.17) is 14.5 Å². The van der Waals surface area contributed by atoms with Gasteiger partial charge in [0, 0.05) is 42.0 Å². The first kappa shape index (κ1) is 31.9. The van der Waals surface area contributed by atoms with E-state index < -0.39 is 50.8 Å². The average Bonchev–Trinajstić information content (AvgIpc) is 4.01. The number of ether oxygens (including phenoxy) is 2. The highest BCUT2D eigenvalue weighted by molar-refractivity contribution is 7.91. The summed E-state index contributed by atoms with van der Waals surface area (Å²) in [5.41, 5.74) is 0.848. The summed E-state index contributed by atoms with van der Waals surface area (Å²) in [6, 6.07) is 15.7. The lowest BCUT2D eigenvalue weighted by Gasteiger charge is -2.26. The second-order valence-electron chi connectivity index (χ2n) is 13.0. The maximum absolute atomic E-state index is 14.0. The minimum Gasteiger partial charge on any atom is -0.497 e. The number of pyridine rings is 1. The van der Waals surface area contributed by atoms with Crippen LogP contribution in [0.25, 0.3) is 22.2 Å². The standard InChI is InChI=1S/C35H39N5O7S/c1-46-24-12-15-27-29(17-24)37-28(22-9-5-4-6-10-22)19-31(27)47-25-18-30-32(41)38-35(33(42)39-48(44,45)26-13-14-26)20-23(35)11-7-2-3-8-16-36-34(43)40(30)21-25/h4-7,9-12,15,17,19,23,25-26,30H,2-3,8,13-14,16,18,20-21H2,1H3,(H,36,43)(H,38,41)(H,39,42)/b11-7-/t23-,25-,30+,35-/m1/s1. The highest BCUT2D eigenvalue weighted by Gasteiger charge is 2.62. The lowest BCUT2D eigenvalue weighted by molar-refractivity contribution is -0.131. The minimum atomic E-state index is -3.82. The van der Waals surface area contributed by atoms with E-state index in [1.54, 1.807) is 7.11 Å². The fourth-order valence-corrected chi connectivity index (χ4v) is 7.97. The second-order valence-corrected chi connectivity index (χ2v) is 15.0. The van der Waals surface area contributed by atoms with Crippen molar-refractivity contribution in [2.24, 2.45) is 5.92 Å². The number of nitrogens with zero attached hydrogens (tertiary/aromatic N) is 2. The minimum absolute atomic E-state index is 0.128. The van der Waals surface area contributed by atoms with E-state index in [-0.39, 0.29) is 25.3 Å². The van der Waals surface area contributed by atoms with Crippen LogP contribution in [0, 0.1) is 5.92 Å². The van der Waals surface area contributed by atoms with Gasteiger partial charge in [-0.3, -0.25) is 14.3 Å². The van der Waals surface area contributed by atoms with Crippen LogP contribution in [-0.2, 0) is 19.6 Å². The Hall–Kier alpha value is -4.65. The normalized spacial score (nSPS) is 26.7. The third-order valence-electron chi connectivity index (χ3n) is 9.58. The Morgan fingerprint density at radius 1 is 1.08 bits per heavy atom. The zero-order valence-corrected chi connectivity index (χ0v) is 27.5. The number of carbonyl (C=O) groups excluding carboxylic acids is 3. The number of hydrogen-bond donors (Lipinski definition) is 3. The molecule has 3 aromatic rings. The molecule has 3 fully saturated rings. The number of rotatable bonds is 7. The van der Waals surface area contributed by atoms with E-state index in [1.807, 2.05) is 66.7 Å². The number of nitrogens with one attached hydrogen (secondary N) is 3. The van der Waals surface area contributed by atoms with Crippen molar-refractivity contribution in [1.82, 2.24) is 25.2 Å². The Kier molecular flexibility index (Phi) is 8.48. The van der Waals surface area contributed by atoms with Gasteiger partial charge in [0.15, 0.2) is 0 Å². The van der Waals surface area contributed by atoms with Gasteiger partial charge in [0.2, 0.25) is 15.9 Å². The van der Waals surface area contributed by atoms with Gasteiger partial charge in [0.1, 0.15) is 29.2 Å². The summed E-state index contributed by atoms with van der Waals surface area (Å²) in [5.74, 6) is -0.430. The predicted octanol–water partition coefficient (Wildman–Crippen LogP) is 3.67. The monoisotopic (exact) mass is 673 g/mol. The number of allylic oxidation sites excluding steroid dienone is 1. The maximum atomic E-state index is 14.0. The van der Waals surface area contributed by atoms with Gasteiger partial charge in [-0.15, -0.1) is 0 Å².